The topological polar surface area (TPSA) is 30.0 Å². The van der Waals surface area contributed by atoms with Gasteiger partial charge in [0.2, 0.25) is 0 Å². The predicted molar refractivity (Wildman–Crippen MR) is 44.1 cm³/mol. The van der Waals surface area contributed by atoms with Gasteiger partial charge in [-0.25, -0.2) is 4.98 Å². The Morgan fingerprint density at radius 3 is 2.50 bits per heavy atom. The molecule has 1 heterocycles. The van der Waals surface area contributed by atoms with Crippen molar-refractivity contribution in [2.24, 2.45) is 0 Å². The molecular weight excluding hydrogens is 217 g/mol. The summed E-state index contributed by atoms with van der Waals surface area (Å²) in [6.45, 7) is 2.00. The predicted octanol–water partition coefficient (Wildman–Crippen LogP) is 2.31. The third-order valence-corrected chi connectivity index (χ3v) is 1.88. The van der Waals surface area contributed by atoms with E-state index >= 15 is 0 Å². The van der Waals surface area contributed by atoms with Crippen molar-refractivity contribution in [2.45, 2.75) is 0 Å². The minimum absolute atomic E-state index is 0.507. The molecule has 1 rings (SSSR count). The van der Waals surface area contributed by atoms with Gasteiger partial charge in [0.25, 0.3) is 0 Å². The molecule has 0 aliphatic rings. The van der Waals surface area contributed by atoms with E-state index in [1.165, 1.54) is 0 Å². The molecule has 4 heteroatoms. The summed E-state index contributed by atoms with van der Waals surface area (Å²) in [7, 11) is 0. The van der Waals surface area contributed by atoms with Crippen LogP contribution in [0.15, 0.2) is 22.8 Å². The maximum Gasteiger partial charge on any atom is 0.143 e. The van der Waals surface area contributed by atoms with E-state index < -0.39 is 0 Å². The Morgan fingerprint density at radius 1 is 1.60 bits per heavy atom. The highest BCUT2D eigenvalue weighted by Crippen LogP contribution is 2.17. The quantitative estimate of drug-likeness (QED) is 0.631. The molecule has 2 nitrogen and oxygen atoms in total. The Kier molecular flexibility index (Phi) is 5.16. The Balaban J connectivity index is 0.000000371. The second-order valence-electron chi connectivity index (χ2n) is 1.28. The molecule has 0 aliphatic heterocycles. The Labute approximate surface area is 72.4 Å². The normalized spacial score (nSPS) is 7.80. The van der Waals surface area contributed by atoms with Crippen molar-refractivity contribution in [3.63, 3.8) is 0 Å². The van der Waals surface area contributed by atoms with Crippen molar-refractivity contribution in [1.82, 2.24) is 4.98 Å². The van der Waals surface area contributed by atoms with Crippen LogP contribution in [-0.2, 0) is 4.79 Å². The van der Waals surface area contributed by atoms with Crippen molar-refractivity contribution >= 4 is 34.3 Å². The van der Waals surface area contributed by atoms with Crippen molar-refractivity contribution in [1.29, 1.82) is 0 Å². The zero-order valence-corrected chi connectivity index (χ0v) is 7.39. The van der Waals surface area contributed by atoms with Crippen LogP contribution in [0.4, 0.5) is 0 Å². The van der Waals surface area contributed by atoms with Gasteiger partial charge in [-0.2, -0.15) is 0 Å². The molecule has 0 aromatic carbocycles. The highest BCUT2D eigenvalue weighted by Gasteiger charge is 1.90. The molecule has 0 atom stereocenters. The van der Waals surface area contributed by atoms with Crippen LogP contribution in [0.3, 0.4) is 0 Å². The highest BCUT2D eigenvalue weighted by atomic mass is 79.9. The molecule has 0 fully saturated rings. The first kappa shape index (κ1) is 9.59. The van der Waals surface area contributed by atoms with Gasteiger partial charge in [0.05, 0.1) is 4.47 Å². The van der Waals surface area contributed by atoms with Crippen LogP contribution in [-0.4, -0.2) is 11.8 Å². The Morgan fingerprint density at radius 2 is 2.20 bits per heavy atom. The number of rotatable bonds is 0. The zero-order valence-electron chi connectivity index (χ0n) is 5.05. The summed E-state index contributed by atoms with van der Waals surface area (Å²) < 4.78 is 0.835. The van der Waals surface area contributed by atoms with Gasteiger partial charge in [-0.3, -0.25) is 0 Å². The van der Waals surface area contributed by atoms with E-state index in [1.54, 1.807) is 6.20 Å². The van der Waals surface area contributed by atoms with E-state index in [0.717, 1.165) is 4.47 Å². The maximum absolute atomic E-state index is 8.00. The van der Waals surface area contributed by atoms with Gasteiger partial charge in [-0.05, 0) is 28.1 Å². The summed E-state index contributed by atoms with van der Waals surface area (Å²) in [6.07, 6.45) is 1.65. The van der Waals surface area contributed by atoms with Crippen LogP contribution < -0.4 is 0 Å². The molecule has 1 aromatic rings. The first-order valence-corrected chi connectivity index (χ1v) is 3.52. The number of aromatic nitrogens is 1. The number of carbonyl (C=O) groups excluding carboxylic acids is 1. The second kappa shape index (κ2) is 5.38. The second-order valence-corrected chi connectivity index (χ2v) is 2.49. The van der Waals surface area contributed by atoms with Crippen LogP contribution in [0.5, 0.6) is 0 Å². The molecule has 54 valence electrons. The fraction of sp³-hybridized carbons (Fsp3) is 0. The summed E-state index contributed by atoms with van der Waals surface area (Å²) in [4.78, 5) is 11.8. The van der Waals surface area contributed by atoms with E-state index in [2.05, 4.69) is 20.9 Å². The molecule has 0 bridgehead atoms. The zero-order chi connectivity index (χ0) is 7.98. The minimum atomic E-state index is 0.507. The number of nitrogens with zero attached hydrogens (tertiary/aromatic N) is 1. The van der Waals surface area contributed by atoms with Crippen LogP contribution in [0.1, 0.15) is 0 Å². The molecular formula is C6H5BrClNO. The molecule has 1 aromatic heterocycles. The fourth-order valence-corrected chi connectivity index (χ4v) is 0.741. The number of pyridine rings is 1. The summed E-state index contributed by atoms with van der Waals surface area (Å²) >= 11 is 8.75. The average Bonchev–Trinajstić information content (AvgIpc) is 2.00. The van der Waals surface area contributed by atoms with Crippen molar-refractivity contribution in [3.8, 4) is 0 Å². The largest absolute Gasteiger partial charge is 0.307 e. The molecule has 0 amide bonds. The molecule has 0 unspecified atom stereocenters. The SMILES string of the molecule is C=O.Clc1ncccc1Br. The average molecular weight is 222 g/mol. The van der Waals surface area contributed by atoms with Crippen LogP contribution in [0.25, 0.3) is 0 Å². The Bertz CT molecular complexity index is 186. The lowest BCUT2D eigenvalue weighted by molar-refractivity contribution is -0.0979. The lowest BCUT2D eigenvalue weighted by Crippen LogP contribution is -1.71. The van der Waals surface area contributed by atoms with Crippen molar-refractivity contribution in [3.05, 3.63) is 28.0 Å². The van der Waals surface area contributed by atoms with Gasteiger partial charge in [0, 0.05) is 6.20 Å². The summed E-state index contributed by atoms with van der Waals surface area (Å²) in [6, 6.07) is 3.66. The lowest BCUT2D eigenvalue weighted by atomic mass is 10.5. The lowest BCUT2D eigenvalue weighted by Gasteiger charge is -1.88. The van der Waals surface area contributed by atoms with Gasteiger partial charge < -0.3 is 4.79 Å². The monoisotopic (exact) mass is 221 g/mol. The van der Waals surface area contributed by atoms with Gasteiger partial charge in [-0.15, -0.1) is 0 Å². The van der Waals surface area contributed by atoms with Crippen LogP contribution in [0.2, 0.25) is 5.15 Å². The summed E-state index contributed by atoms with van der Waals surface area (Å²) in [5, 5.41) is 0.507. The standard InChI is InChI=1S/C5H3BrClN.CH2O/c6-4-2-1-3-8-5(4)7;1-2/h1-3H;1H2. The maximum atomic E-state index is 8.00. The molecule has 0 spiro atoms. The number of carbonyl (C=O) groups is 1. The van der Waals surface area contributed by atoms with Gasteiger partial charge in [0.1, 0.15) is 11.9 Å². The first-order valence-electron chi connectivity index (χ1n) is 2.35. The number of hydrogen-bond donors (Lipinski definition) is 0. The van der Waals surface area contributed by atoms with E-state index in [9.17, 15) is 0 Å². The number of halogens is 2. The molecule has 0 N–H and O–H groups in total. The van der Waals surface area contributed by atoms with E-state index in [0.29, 0.717) is 5.15 Å². The van der Waals surface area contributed by atoms with E-state index in [4.69, 9.17) is 16.4 Å². The number of hydrogen-bond acceptors (Lipinski definition) is 2. The Hall–Kier alpha value is -0.410. The van der Waals surface area contributed by atoms with Gasteiger partial charge in [0.15, 0.2) is 0 Å². The van der Waals surface area contributed by atoms with E-state index in [1.807, 2.05) is 18.9 Å². The summed E-state index contributed by atoms with van der Waals surface area (Å²) in [5.74, 6) is 0. The third-order valence-electron chi connectivity index (χ3n) is 0.714. The van der Waals surface area contributed by atoms with Gasteiger partial charge in [-0.1, -0.05) is 11.6 Å². The first-order chi connectivity index (χ1) is 4.80. The molecule has 0 radical (unpaired) electrons. The minimum Gasteiger partial charge on any atom is -0.307 e. The fourth-order valence-electron chi connectivity index (χ4n) is 0.366. The smallest absolute Gasteiger partial charge is 0.143 e. The van der Waals surface area contributed by atoms with Crippen LogP contribution >= 0.6 is 27.5 Å². The van der Waals surface area contributed by atoms with Crippen molar-refractivity contribution in [2.75, 3.05) is 0 Å². The van der Waals surface area contributed by atoms with Gasteiger partial charge >= 0.3 is 0 Å². The molecule has 0 saturated heterocycles. The molecule has 0 aliphatic carbocycles. The van der Waals surface area contributed by atoms with E-state index in [-0.39, 0.29) is 0 Å². The summed E-state index contributed by atoms with van der Waals surface area (Å²) in [5.41, 5.74) is 0. The molecule has 0 saturated carbocycles. The molecule has 10 heavy (non-hydrogen) atoms. The van der Waals surface area contributed by atoms with Crippen molar-refractivity contribution < 1.29 is 4.79 Å². The highest BCUT2D eigenvalue weighted by molar-refractivity contribution is 9.10. The third kappa shape index (κ3) is 2.94. The van der Waals surface area contributed by atoms with Crippen LogP contribution in [0, 0.1) is 0 Å².